The zero-order valence-electron chi connectivity index (χ0n) is 18.8. The van der Waals surface area contributed by atoms with Crippen LogP contribution >= 0.6 is 24.0 Å². The molecule has 0 aliphatic heterocycles. The average Bonchev–Trinajstić information content (AvgIpc) is 3.03. The number of nitrogens with one attached hydrogen (secondary N) is 2. The number of hydrogen-bond acceptors (Lipinski definition) is 5. The van der Waals surface area contributed by atoms with Crippen molar-refractivity contribution in [3.8, 4) is 17.2 Å². The maximum Gasteiger partial charge on any atom is 0.203 e. The number of hydrogen-bond donors (Lipinski definition) is 2. The third-order valence-electron chi connectivity index (χ3n) is 5.25. The third-order valence-corrected chi connectivity index (χ3v) is 5.25. The van der Waals surface area contributed by atoms with E-state index in [2.05, 4.69) is 15.6 Å². The molecule has 1 aliphatic rings. The summed E-state index contributed by atoms with van der Waals surface area (Å²) in [5.74, 6) is 2.75. The quantitative estimate of drug-likeness (QED) is 0.156. The van der Waals surface area contributed by atoms with Gasteiger partial charge in [-0.05, 0) is 25.3 Å². The number of nitrogens with zero attached hydrogens (tertiary/aromatic N) is 1. The van der Waals surface area contributed by atoms with Crippen molar-refractivity contribution in [1.29, 1.82) is 0 Å². The molecule has 2 rings (SSSR count). The number of methoxy groups -OCH3 is 3. The van der Waals surface area contributed by atoms with Crippen LogP contribution in [0.5, 0.6) is 17.2 Å². The Bertz CT molecular complexity index is 635. The van der Waals surface area contributed by atoms with Crippen LogP contribution in [0.4, 0.5) is 0 Å². The van der Waals surface area contributed by atoms with Gasteiger partial charge in [0.1, 0.15) is 0 Å². The minimum Gasteiger partial charge on any atom is -0.493 e. The summed E-state index contributed by atoms with van der Waals surface area (Å²) in [5.41, 5.74) is 1.05. The fraction of sp³-hybridized carbons (Fsp3) is 0.682. The normalized spacial score (nSPS) is 15.0. The van der Waals surface area contributed by atoms with Gasteiger partial charge in [-0.1, -0.05) is 31.7 Å². The van der Waals surface area contributed by atoms with Crippen molar-refractivity contribution in [2.75, 3.05) is 48.1 Å². The van der Waals surface area contributed by atoms with Crippen LogP contribution in [0.1, 0.15) is 44.1 Å². The molecule has 0 heterocycles. The Morgan fingerprint density at radius 1 is 0.933 bits per heavy atom. The maximum atomic E-state index is 6.02. The molecule has 0 saturated heterocycles. The second-order valence-corrected chi connectivity index (χ2v) is 7.15. The van der Waals surface area contributed by atoms with Crippen molar-refractivity contribution in [2.45, 2.75) is 51.0 Å². The van der Waals surface area contributed by atoms with Crippen molar-refractivity contribution >= 4 is 29.9 Å². The van der Waals surface area contributed by atoms with E-state index in [9.17, 15) is 0 Å². The van der Waals surface area contributed by atoms with Crippen LogP contribution < -0.4 is 24.8 Å². The molecular weight excluding hydrogens is 497 g/mol. The standard InChI is InChI=1S/C22H37N3O4.HI/c1-23-22(25-15-16-29-18-9-7-5-6-8-10-18)24-14-13-17-11-12-19(26-2)21(28-4)20(17)27-3;/h11-12,18H,5-10,13-16H2,1-4H3,(H2,23,24,25);1H. The monoisotopic (exact) mass is 535 g/mol. The molecule has 30 heavy (non-hydrogen) atoms. The predicted octanol–water partition coefficient (Wildman–Crippen LogP) is 3.78. The minimum absolute atomic E-state index is 0. The molecule has 1 aromatic carbocycles. The highest BCUT2D eigenvalue weighted by molar-refractivity contribution is 14.0. The van der Waals surface area contributed by atoms with Crippen LogP contribution in [0.25, 0.3) is 0 Å². The second kappa shape index (κ2) is 15.4. The van der Waals surface area contributed by atoms with Gasteiger partial charge in [0.2, 0.25) is 5.75 Å². The SMILES string of the molecule is CN=C(NCCOC1CCCCCC1)NCCc1ccc(OC)c(OC)c1OC.I. The molecule has 1 aromatic rings. The van der Waals surface area contributed by atoms with Gasteiger partial charge in [0.15, 0.2) is 17.5 Å². The van der Waals surface area contributed by atoms with Crippen LogP contribution in [0.2, 0.25) is 0 Å². The highest BCUT2D eigenvalue weighted by Crippen LogP contribution is 2.39. The lowest BCUT2D eigenvalue weighted by atomic mass is 10.1. The van der Waals surface area contributed by atoms with E-state index in [0.29, 0.717) is 30.0 Å². The van der Waals surface area contributed by atoms with Gasteiger partial charge in [0.05, 0.1) is 34.0 Å². The topological polar surface area (TPSA) is 73.3 Å². The first kappa shape index (κ1) is 26.6. The summed E-state index contributed by atoms with van der Waals surface area (Å²) < 4.78 is 22.4. The van der Waals surface area contributed by atoms with Crippen molar-refractivity contribution in [2.24, 2.45) is 4.99 Å². The molecule has 7 nitrogen and oxygen atoms in total. The van der Waals surface area contributed by atoms with Gasteiger partial charge in [-0.25, -0.2) is 0 Å². The van der Waals surface area contributed by atoms with E-state index in [4.69, 9.17) is 18.9 Å². The van der Waals surface area contributed by atoms with Gasteiger partial charge in [0.25, 0.3) is 0 Å². The molecule has 0 bridgehead atoms. The second-order valence-electron chi connectivity index (χ2n) is 7.15. The fourth-order valence-electron chi connectivity index (χ4n) is 3.70. The summed E-state index contributed by atoms with van der Waals surface area (Å²) >= 11 is 0. The Morgan fingerprint density at radius 3 is 2.20 bits per heavy atom. The van der Waals surface area contributed by atoms with Crippen molar-refractivity contribution in [3.05, 3.63) is 17.7 Å². The zero-order chi connectivity index (χ0) is 20.9. The van der Waals surface area contributed by atoms with Gasteiger partial charge in [-0.3, -0.25) is 4.99 Å². The first-order valence-corrected chi connectivity index (χ1v) is 10.6. The number of rotatable bonds is 10. The largest absolute Gasteiger partial charge is 0.493 e. The first-order chi connectivity index (χ1) is 14.2. The number of aliphatic imine (C=N–C) groups is 1. The highest BCUT2D eigenvalue weighted by atomic mass is 127. The van der Waals surface area contributed by atoms with Crippen LogP contribution in [-0.4, -0.2) is 60.1 Å². The summed E-state index contributed by atoms with van der Waals surface area (Å²) in [6, 6.07) is 3.90. The van der Waals surface area contributed by atoms with E-state index in [-0.39, 0.29) is 24.0 Å². The summed E-state index contributed by atoms with van der Waals surface area (Å²) in [6.45, 7) is 2.17. The predicted molar refractivity (Wildman–Crippen MR) is 132 cm³/mol. The highest BCUT2D eigenvalue weighted by Gasteiger charge is 2.15. The van der Waals surface area contributed by atoms with Crippen molar-refractivity contribution in [1.82, 2.24) is 10.6 Å². The number of halogens is 1. The molecule has 1 saturated carbocycles. The first-order valence-electron chi connectivity index (χ1n) is 10.6. The van der Waals surface area contributed by atoms with Gasteiger partial charge < -0.3 is 29.6 Å². The molecule has 0 spiro atoms. The molecule has 2 N–H and O–H groups in total. The third kappa shape index (κ3) is 8.37. The van der Waals surface area contributed by atoms with E-state index < -0.39 is 0 Å². The molecule has 0 atom stereocenters. The molecular formula is C22H38IN3O4. The van der Waals surface area contributed by atoms with E-state index in [1.807, 2.05) is 12.1 Å². The lowest BCUT2D eigenvalue weighted by Crippen LogP contribution is -2.40. The van der Waals surface area contributed by atoms with Crippen molar-refractivity contribution in [3.63, 3.8) is 0 Å². The molecule has 172 valence electrons. The van der Waals surface area contributed by atoms with Crippen molar-refractivity contribution < 1.29 is 18.9 Å². The summed E-state index contributed by atoms with van der Waals surface area (Å²) in [4.78, 5) is 4.29. The van der Waals surface area contributed by atoms with E-state index in [1.165, 1.54) is 38.5 Å². The van der Waals surface area contributed by atoms with Crippen LogP contribution in [0.15, 0.2) is 17.1 Å². The Morgan fingerprint density at radius 2 is 1.60 bits per heavy atom. The molecule has 0 radical (unpaired) electrons. The molecule has 1 aliphatic carbocycles. The molecule has 8 heteroatoms. The molecule has 0 amide bonds. The summed E-state index contributed by atoms with van der Waals surface area (Å²) in [6.07, 6.45) is 8.86. The maximum absolute atomic E-state index is 6.02. The minimum atomic E-state index is 0. The number of ether oxygens (including phenoxy) is 4. The molecule has 1 fully saturated rings. The summed E-state index contributed by atoms with van der Waals surface area (Å²) in [7, 11) is 6.65. The Labute approximate surface area is 198 Å². The van der Waals surface area contributed by atoms with E-state index in [1.54, 1.807) is 28.4 Å². The van der Waals surface area contributed by atoms with Crippen LogP contribution in [0.3, 0.4) is 0 Å². The smallest absolute Gasteiger partial charge is 0.203 e. The number of guanidine groups is 1. The van der Waals surface area contributed by atoms with Gasteiger partial charge in [-0.2, -0.15) is 0 Å². The molecule has 0 aromatic heterocycles. The lowest BCUT2D eigenvalue weighted by molar-refractivity contribution is 0.0468. The zero-order valence-corrected chi connectivity index (χ0v) is 21.1. The summed E-state index contributed by atoms with van der Waals surface area (Å²) in [5, 5.41) is 6.66. The lowest BCUT2D eigenvalue weighted by Gasteiger charge is -2.18. The Hall–Kier alpha value is -1.42. The van der Waals surface area contributed by atoms with Gasteiger partial charge in [0, 0.05) is 25.7 Å². The average molecular weight is 535 g/mol. The van der Waals surface area contributed by atoms with Crippen LogP contribution in [0, 0.1) is 0 Å². The fourth-order valence-corrected chi connectivity index (χ4v) is 3.70. The number of benzene rings is 1. The Kier molecular flexibility index (Phi) is 13.7. The van der Waals surface area contributed by atoms with E-state index >= 15 is 0 Å². The van der Waals surface area contributed by atoms with E-state index in [0.717, 1.165) is 31.0 Å². The van der Waals surface area contributed by atoms with Gasteiger partial charge >= 0.3 is 0 Å². The Balaban J connectivity index is 0.00000450. The van der Waals surface area contributed by atoms with Crippen LogP contribution in [-0.2, 0) is 11.2 Å². The van der Waals surface area contributed by atoms with Gasteiger partial charge in [-0.15, -0.1) is 24.0 Å². The molecule has 0 unspecified atom stereocenters.